The third-order valence-electron chi connectivity index (χ3n) is 2.18. The number of rotatable bonds is 2. The van der Waals surface area contributed by atoms with Gasteiger partial charge in [0.25, 0.3) is 0 Å². The fourth-order valence-electron chi connectivity index (χ4n) is 1.29. The van der Waals surface area contributed by atoms with Crippen molar-refractivity contribution in [3.8, 4) is 11.4 Å². The van der Waals surface area contributed by atoms with E-state index in [-0.39, 0.29) is 6.61 Å². The van der Waals surface area contributed by atoms with Crippen LogP contribution in [0.5, 0.6) is 0 Å². The number of aromatic nitrogens is 2. The van der Waals surface area contributed by atoms with Crippen molar-refractivity contribution in [1.29, 1.82) is 0 Å². The van der Waals surface area contributed by atoms with Crippen LogP contribution in [0.15, 0.2) is 36.7 Å². The van der Waals surface area contributed by atoms with Crippen molar-refractivity contribution in [3.63, 3.8) is 0 Å². The van der Waals surface area contributed by atoms with E-state index in [0.29, 0.717) is 0 Å². The van der Waals surface area contributed by atoms with Gasteiger partial charge >= 0.3 is 0 Å². The average Bonchev–Trinajstić information content (AvgIpc) is 2.30. The Kier molecular flexibility index (Phi) is 2.74. The summed E-state index contributed by atoms with van der Waals surface area (Å²) < 4.78 is 0. The zero-order valence-corrected chi connectivity index (χ0v) is 8.51. The van der Waals surface area contributed by atoms with Gasteiger partial charge in [0, 0.05) is 12.4 Å². The smallest absolute Gasteiger partial charge is 0.0886 e. The van der Waals surface area contributed by atoms with E-state index in [2.05, 4.69) is 9.97 Å². The zero-order chi connectivity index (χ0) is 10.7. The Morgan fingerprint density at radius 3 is 2.13 bits per heavy atom. The minimum Gasteiger partial charge on any atom is -0.392 e. The minimum atomic E-state index is 0.0224. The van der Waals surface area contributed by atoms with Crippen molar-refractivity contribution in [2.24, 2.45) is 0 Å². The second-order valence-electron chi connectivity index (χ2n) is 3.43. The molecule has 0 fully saturated rings. The maximum atomic E-state index is 8.88. The van der Waals surface area contributed by atoms with Crippen LogP contribution in [-0.2, 0) is 6.61 Å². The maximum Gasteiger partial charge on any atom is 0.0886 e. The van der Waals surface area contributed by atoms with Crippen molar-refractivity contribution < 1.29 is 5.11 Å². The monoisotopic (exact) mass is 200 g/mol. The lowest BCUT2D eigenvalue weighted by molar-refractivity contribution is 0.281. The van der Waals surface area contributed by atoms with E-state index in [0.717, 1.165) is 22.5 Å². The van der Waals surface area contributed by atoms with Crippen LogP contribution in [0.3, 0.4) is 0 Å². The number of aliphatic hydroxyl groups excluding tert-OH is 1. The number of pyridine rings is 2. The standard InChI is InChI=1S/C12H12N2O/c1-9-2-4-11(13-6-9)12-5-3-10(8-15)7-14-12/h2-7,15H,8H2,1H3. The number of hydrogen-bond acceptors (Lipinski definition) is 3. The first-order chi connectivity index (χ1) is 7.29. The van der Waals surface area contributed by atoms with E-state index in [9.17, 15) is 0 Å². The van der Waals surface area contributed by atoms with Crippen LogP contribution in [0, 0.1) is 6.92 Å². The number of aryl methyl sites for hydroxylation is 1. The van der Waals surface area contributed by atoms with Crippen molar-refractivity contribution in [3.05, 3.63) is 47.8 Å². The van der Waals surface area contributed by atoms with Gasteiger partial charge in [-0.25, -0.2) is 0 Å². The molecule has 0 radical (unpaired) electrons. The predicted octanol–water partition coefficient (Wildman–Crippen LogP) is 1.94. The molecule has 0 unspecified atom stereocenters. The third-order valence-corrected chi connectivity index (χ3v) is 2.18. The van der Waals surface area contributed by atoms with E-state index >= 15 is 0 Å². The lowest BCUT2D eigenvalue weighted by atomic mass is 10.2. The Morgan fingerprint density at radius 2 is 1.67 bits per heavy atom. The SMILES string of the molecule is Cc1ccc(-c2ccc(CO)cn2)nc1. The predicted molar refractivity (Wildman–Crippen MR) is 58.1 cm³/mol. The van der Waals surface area contributed by atoms with Gasteiger partial charge in [0.05, 0.1) is 18.0 Å². The molecule has 0 bridgehead atoms. The van der Waals surface area contributed by atoms with Gasteiger partial charge in [-0.05, 0) is 30.2 Å². The summed E-state index contributed by atoms with van der Waals surface area (Å²) in [5, 5.41) is 8.88. The van der Waals surface area contributed by atoms with Crippen molar-refractivity contribution >= 4 is 0 Å². The molecule has 0 saturated heterocycles. The first-order valence-electron chi connectivity index (χ1n) is 4.78. The van der Waals surface area contributed by atoms with Crippen molar-refractivity contribution in [1.82, 2.24) is 9.97 Å². The molecular weight excluding hydrogens is 188 g/mol. The summed E-state index contributed by atoms with van der Waals surface area (Å²) in [7, 11) is 0. The highest BCUT2D eigenvalue weighted by Crippen LogP contribution is 2.14. The highest BCUT2D eigenvalue weighted by Gasteiger charge is 1.99. The average molecular weight is 200 g/mol. The van der Waals surface area contributed by atoms with Crippen LogP contribution >= 0.6 is 0 Å². The molecule has 0 saturated carbocycles. The molecule has 0 aliphatic rings. The number of aliphatic hydroxyl groups is 1. The molecule has 1 N–H and O–H groups in total. The van der Waals surface area contributed by atoms with Gasteiger partial charge in [-0.1, -0.05) is 12.1 Å². The molecule has 76 valence electrons. The van der Waals surface area contributed by atoms with Crippen LogP contribution < -0.4 is 0 Å². The summed E-state index contributed by atoms with van der Waals surface area (Å²) >= 11 is 0. The summed E-state index contributed by atoms with van der Waals surface area (Å²) in [5.41, 5.74) is 3.62. The molecule has 0 atom stereocenters. The molecule has 0 spiro atoms. The summed E-state index contributed by atoms with van der Waals surface area (Å²) in [6.45, 7) is 2.02. The van der Waals surface area contributed by atoms with Gasteiger partial charge < -0.3 is 5.11 Å². The van der Waals surface area contributed by atoms with Gasteiger partial charge in [-0.15, -0.1) is 0 Å². The van der Waals surface area contributed by atoms with E-state index in [1.165, 1.54) is 0 Å². The van der Waals surface area contributed by atoms with Crippen molar-refractivity contribution in [2.75, 3.05) is 0 Å². The first kappa shape index (κ1) is 9.80. The molecule has 3 nitrogen and oxygen atoms in total. The molecule has 2 heterocycles. The molecule has 2 aromatic rings. The molecule has 0 amide bonds. The Bertz CT molecular complexity index is 434. The quantitative estimate of drug-likeness (QED) is 0.805. The second-order valence-corrected chi connectivity index (χ2v) is 3.43. The summed E-state index contributed by atoms with van der Waals surface area (Å²) in [5.74, 6) is 0. The molecular formula is C12H12N2O. The van der Waals surface area contributed by atoms with Gasteiger partial charge in [0.1, 0.15) is 0 Å². The Morgan fingerprint density at radius 1 is 1.00 bits per heavy atom. The lowest BCUT2D eigenvalue weighted by Gasteiger charge is -2.01. The summed E-state index contributed by atoms with van der Waals surface area (Å²) in [4.78, 5) is 8.51. The molecule has 15 heavy (non-hydrogen) atoms. The summed E-state index contributed by atoms with van der Waals surface area (Å²) in [6, 6.07) is 7.66. The fraction of sp³-hybridized carbons (Fsp3) is 0.167. The van der Waals surface area contributed by atoms with Gasteiger partial charge in [0.2, 0.25) is 0 Å². The van der Waals surface area contributed by atoms with Crippen LogP contribution in [0.25, 0.3) is 11.4 Å². The zero-order valence-electron chi connectivity index (χ0n) is 8.51. The number of nitrogens with zero attached hydrogens (tertiary/aromatic N) is 2. The topological polar surface area (TPSA) is 46.0 Å². The molecule has 2 rings (SSSR count). The normalized spacial score (nSPS) is 10.3. The van der Waals surface area contributed by atoms with Gasteiger partial charge in [-0.3, -0.25) is 9.97 Å². The number of hydrogen-bond donors (Lipinski definition) is 1. The van der Waals surface area contributed by atoms with Gasteiger partial charge in [0.15, 0.2) is 0 Å². The van der Waals surface area contributed by atoms with Crippen molar-refractivity contribution in [2.45, 2.75) is 13.5 Å². The molecule has 0 aliphatic carbocycles. The molecule has 2 aromatic heterocycles. The van der Waals surface area contributed by atoms with Gasteiger partial charge in [-0.2, -0.15) is 0 Å². The largest absolute Gasteiger partial charge is 0.392 e. The fourth-order valence-corrected chi connectivity index (χ4v) is 1.29. The maximum absolute atomic E-state index is 8.88. The Labute approximate surface area is 88.5 Å². The lowest BCUT2D eigenvalue weighted by Crippen LogP contribution is -1.90. The molecule has 3 heteroatoms. The van der Waals surface area contributed by atoms with Crippen LogP contribution in [0.1, 0.15) is 11.1 Å². The molecule has 0 aliphatic heterocycles. The van der Waals surface area contributed by atoms with Crippen LogP contribution in [0.4, 0.5) is 0 Å². The van der Waals surface area contributed by atoms with Crippen LogP contribution in [-0.4, -0.2) is 15.1 Å². The highest BCUT2D eigenvalue weighted by atomic mass is 16.3. The van der Waals surface area contributed by atoms with E-state index < -0.39 is 0 Å². The van der Waals surface area contributed by atoms with E-state index in [1.807, 2.05) is 37.4 Å². The first-order valence-corrected chi connectivity index (χ1v) is 4.78. The van der Waals surface area contributed by atoms with Crippen LogP contribution in [0.2, 0.25) is 0 Å². The van der Waals surface area contributed by atoms with E-state index in [4.69, 9.17) is 5.11 Å². The van der Waals surface area contributed by atoms with E-state index in [1.54, 1.807) is 6.20 Å². The second kappa shape index (κ2) is 4.19. The highest BCUT2D eigenvalue weighted by molar-refractivity contribution is 5.53. The Hall–Kier alpha value is -1.74. The third kappa shape index (κ3) is 2.19. The molecule has 0 aromatic carbocycles. The summed E-state index contributed by atoms with van der Waals surface area (Å²) in [6.07, 6.45) is 3.48. The Balaban J connectivity index is 2.33. The minimum absolute atomic E-state index is 0.0224.